The Hall–Kier alpha value is -3.59. The van der Waals surface area contributed by atoms with Gasteiger partial charge in [-0.3, -0.25) is 14.4 Å². The number of rotatable bonds is 7. The number of benzene rings is 1. The van der Waals surface area contributed by atoms with Gasteiger partial charge in [0.25, 0.3) is 0 Å². The zero-order valence-electron chi connectivity index (χ0n) is 17.2. The highest BCUT2D eigenvalue weighted by molar-refractivity contribution is 5.90. The fraction of sp³-hybridized carbons (Fsp3) is 0.318. The van der Waals surface area contributed by atoms with Crippen LogP contribution in [0.5, 0.6) is 0 Å². The summed E-state index contributed by atoms with van der Waals surface area (Å²) in [4.78, 5) is 28.8. The molecule has 3 amide bonds. The first kappa shape index (κ1) is 20.7. The third-order valence-corrected chi connectivity index (χ3v) is 5.14. The minimum absolute atomic E-state index is 0.0780. The Balaban J connectivity index is 1.21. The van der Waals surface area contributed by atoms with E-state index in [9.17, 15) is 9.59 Å². The standard InChI is InChI=1S/C22H26N6O3/c29-21(17-28-8-3-7-24-28)25-19-5-1-4-18(14-19)15-23-22(30)27-11-9-26(10-12-27)16-20-6-2-13-31-20/h1-8,13-14H,9-12,15-17H2,(H,23,30)(H,25,29). The monoisotopic (exact) mass is 422 g/mol. The Morgan fingerprint density at radius 2 is 1.94 bits per heavy atom. The molecule has 0 bridgehead atoms. The van der Waals surface area contributed by atoms with E-state index in [0.29, 0.717) is 25.3 Å². The minimum atomic E-state index is -0.155. The number of furan rings is 1. The van der Waals surface area contributed by atoms with E-state index in [1.807, 2.05) is 41.3 Å². The maximum absolute atomic E-state index is 12.5. The van der Waals surface area contributed by atoms with Crippen LogP contribution >= 0.6 is 0 Å². The van der Waals surface area contributed by atoms with Crippen LogP contribution < -0.4 is 10.6 Å². The van der Waals surface area contributed by atoms with Crippen LogP contribution in [0.3, 0.4) is 0 Å². The molecular formula is C22H26N6O3. The van der Waals surface area contributed by atoms with Crippen molar-refractivity contribution in [3.05, 3.63) is 72.4 Å². The van der Waals surface area contributed by atoms with Crippen molar-refractivity contribution < 1.29 is 14.0 Å². The first-order chi connectivity index (χ1) is 15.2. The Morgan fingerprint density at radius 3 is 2.68 bits per heavy atom. The van der Waals surface area contributed by atoms with E-state index < -0.39 is 0 Å². The molecule has 1 aliphatic heterocycles. The van der Waals surface area contributed by atoms with Crippen LogP contribution in [0.1, 0.15) is 11.3 Å². The summed E-state index contributed by atoms with van der Waals surface area (Å²) in [7, 11) is 0. The van der Waals surface area contributed by atoms with Gasteiger partial charge in [0.15, 0.2) is 0 Å². The lowest BCUT2D eigenvalue weighted by molar-refractivity contribution is -0.116. The topological polar surface area (TPSA) is 95.6 Å². The summed E-state index contributed by atoms with van der Waals surface area (Å²) >= 11 is 0. The predicted molar refractivity (Wildman–Crippen MR) is 115 cm³/mol. The van der Waals surface area contributed by atoms with Crippen LogP contribution in [0.4, 0.5) is 10.5 Å². The number of piperazine rings is 1. The number of carbonyl (C=O) groups excluding carboxylic acids is 2. The van der Waals surface area contributed by atoms with Crippen LogP contribution in [-0.4, -0.2) is 57.7 Å². The Labute approximate surface area is 180 Å². The summed E-state index contributed by atoms with van der Waals surface area (Å²) in [5.41, 5.74) is 1.61. The molecule has 9 nitrogen and oxygen atoms in total. The summed E-state index contributed by atoms with van der Waals surface area (Å²) in [5, 5.41) is 9.86. The number of aromatic nitrogens is 2. The fourth-order valence-corrected chi connectivity index (χ4v) is 3.52. The number of amides is 3. The second-order valence-electron chi connectivity index (χ2n) is 7.45. The van der Waals surface area contributed by atoms with Gasteiger partial charge >= 0.3 is 6.03 Å². The highest BCUT2D eigenvalue weighted by Gasteiger charge is 2.21. The van der Waals surface area contributed by atoms with Crippen molar-refractivity contribution in [2.45, 2.75) is 19.6 Å². The number of carbonyl (C=O) groups is 2. The van der Waals surface area contributed by atoms with Crippen LogP contribution in [-0.2, 0) is 24.4 Å². The lowest BCUT2D eigenvalue weighted by Crippen LogP contribution is -2.51. The van der Waals surface area contributed by atoms with Gasteiger partial charge in [-0.25, -0.2) is 4.79 Å². The zero-order valence-corrected chi connectivity index (χ0v) is 17.2. The van der Waals surface area contributed by atoms with Crippen LogP contribution in [0.25, 0.3) is 0 Å². The van der Waals surface area contributed by atoms with Gasteiger partial charge in [-0.15, -0.1) is 0 Å². The van der Waals surface area contributed by atoms with Gasteiger partial charge in [0.05, 0.1) is 12.8 Å². The highest BCUT2D eigenvalue weighted by Crippen LogP contribution is 2.12. The summed E-state index contributed by atoms with van der Waals surface area (Å²) in [6, 6.07) is 13.0. The molecule has 1 fully saturated rings. The minimum Gasteiger partial charge on any atom is -0.468 e. The maximum atomic E-state index is 12.5. The molecule has 1 aromatic carbocycles. The summed E-state index contributed by atoms with van der Waals surface area (Å²) in [5.74, 6) is 0.784. The lowest BCUT2D eigenvalue weighted by Gasteiger charge is -2.34. The molecule has 9 heteroatoms. The lowest BCUT2D eigenvalue weighted by atomic mass is 10.2. The van der Waals surface area contributed by atoms with Crippen molar-refractivity contribution in [1.82, 2.24) is 24.9 Å². The quantitative estimate of drug-likeness (QED) is 0.608. The molecule has 162 valence electrons. The molecule has 31 heavy (non-hydrogen) atoms. The number of nitrogens with zero attached hydrogens (tertiary/aromatic N) is 4. The molecule has 4 rings (SSSR count). The third-order valence-electron chi connectivity index (χ3n) is 5.14. The summed E-state index contributed by atoms with van der Waals surface area (Å²) < 4.78 is 6.96. The van der Waals surface area contributed by atoms with Gasteiger partial charge in [-0.1, -0.05) is 12.1 Å². The first-order valence-electron chi connectivity index (χ1n) is 10.3. The number of urea groups is 1. The number of hydrogen-bond donors (Lipinski definition) is 2. The SMILES string of the molecule is O=C(Cn1cccn1)Nc1cccc(CNC(=O)N2CCN(Cc3ccco3)CC2)c1. The van der Waals surface area contributed by atoms with Gasteiger partial charge in [0.1, 0.15) is 12.3 Å². The molecule has 0 unspecified atom stereocenters. The Bertz CT molecular complexity index is 979. The predicted octanol–water partition coefficient (Wildman–Crippen LogP) is 2.14. The first-order valence-corrected chi connectivity index (χ1v) is 10.3. The molecule has 2 aromatic heterocycles. The van der Waals surface area contributed by atoms with Gasteiger partial charge < -0.3 is 20.0 Å². The second kappa shape index (κ2) is 9.94. The normalized spacial score (nSPS) is 14.4. The molecule has 3 heterocycles. The second-order valence-corrected chi connectivity index (χ2v) is 7.45. The van der Waals surface area contributed by atoms with E-state index in [-0.39, 0.29) is 18.5 Å². The van der Waals surface area contributed by atoms with Gasteiger partial charge in [-0.05, 0) is 35.9 Å². The zero-order chi connectivity index (χ0) is 21.5. The van der Waals surface area contributed by atoms with Crippen molar-refractivity contribution in [2.75, 3.05) is 31.5 Å². The molecule has 3 aromatic rings. The smallest absolute Gasteiger partial charge is 0.317 e. The van der Waals surface area contributed by atoms with E-state index >= 15 is 0 Å². The molecular weight excluding hydrogens is 396 g/mol. The van der Waals surface area contributed by atoms with Crippen molar-refractivity contribution in [2.24, 2.45) is 0 Å². The molecule has 0 radical (unpaired) electrons. The Morgan fingerprint density at radius 1 is 1.06 bits per heavy atom. The third kappa shape index (κ3) is 5.95. The average Bonchev–Trinajstić information content (AvgIpc) is 3.47. The molecule has 1 saturated heterocycles. The number of hydrogen-bond acceptors (Lipinski definition) is 5. The van der Waals surface area contributed by atoms with Gasteiger partial charge in [0.2, 0.25) is 5.91 Å². The summed E-state index contributed by atoms with van der Waals surface area (Å²) in [6.07, 6.45) is 5.05. The maximum Gasteiger partial charge on any atom is 0.317 e. The highest BCUT2D eigenvalue weighted by atomic mass is 16.3. The van der Waals surface area contributed by atoms with Gasteiger partial charge in [0, 0.05) is 50.8 Å². The average molecular weight is 422 g/mol. The van der Waals surface area contributed by atoms with Crippen molar-refractivity contribution in [1.29, 1.82) is 0 Å². The molecule has 1 aliphatic rings. The van der Waals surface area contributed by atoms with E-state index in [1.54, 1.807) is 29.4 Å². The van der Waals surface area contributed by atoms with E-state index in [2.05, 4.69) is 20.6 Å². The number of anilines is 1. The van der Waals surface area contributed by atoms with Crippen LogP contribution in [0, 0.1) is 0 Å². The largest absolute Gasteiger partial charge is 0.468 e. The molecule has 2 N–H and O–H groups in total. The fourth-order valence-electron chi connectivity index (χ4n) is 3.52. The van der Waals surface area contributed by atoms with E-state index in [4.69, 9.17) is 4.42 Å². The molecule has 0 saturated carbocycles. The molecule has 0 aliphatic carbocycles. The van der Waals surface area contributed by atoms with E-state index in [1.165, 1.54) is 0 Å². The van der Waals surface area contributed by atoms with Crippen molar-refractivity contribution in [3.63, 3.8) is 0 Å². The van der Waals surface area contributed by atoms with Crippen molar-refractivity contribution in [3.8, 4) is 0 Å². The Kier molecular flexibility index (Phi) is 6.63. The van der Waals surface area contributed by atoms with Gasteiger partial charge in [-0.2, -0.15) is 5.10 Å². The summed E-state index contributed by atoms with van der Waals surface area (Å²) in [6.45, 7) is 4.29. The molecule has 0 atom stereocenters. The van der Waals surface area contributed by atoms with E-state index in [0.717, 1.165) is 31.0 Å². The van der Waals surface area contributed by atoms with Crippen LogP contribution in [0.2, 0.25) is 0 Å². The number of nitrogens with one attached hydrogen (secondary N) is 2. The van der Waals surface area contributed by atoms with Crippen LogP contribution in [0.15, 0.2) is 65.5 Å². The van der Waals surface area contributed by atoms with Crippen molar-refractivity contribution >= 4 is 17.6 Å². The molecule has 0 spiro atoms.